The molecule has 0 amide bonds. The van der Waals surface area contributed by atoms with Crippen LogP contribution in [0.5, 0.6) is 0 Å². The van der Waals surface area contributed by atoms with Gasteiger partial charge in [0.05, 0.1) is 11.7 Å². The van der Waals surface area contributed by atoms with Crippen molar-refractivity contribution >= 4 is 11.3 Å². The summed E-state index contributed by atoms with van der Waals surface area (Å²) in [4.78, 5) is 9.93. The predicted octanol–water partition coefficient (Wildman–Crippen LogP) is 2.46. The second-order valence-corrected chi connectivity index (χ2v) is 4.80. The number of nitrogens with one attached hydrogen (secondary N) is 1. The summed E-state index contributed by atoms with van der Waals surface area (Å²) < 4.78 is 0. The molecule has 0 spiro atoms. The average molecular weight is 233 g/mol. The summed E-state index contributed by atoms with van der Waals surface area (Å²) in [6.07, 6.45) is 1.81. The van der Waals surface area contributed by atoms with E-state index in [1.165, 1.54) is 10.4 Å². The van der Waals surface area contributed by atoms with Crippen molar-refractivity contribution in [1.29, 1.82) is 0 Å². The lowest BCUT2D eigenvalue weighted by Crippen LogP contribution is -2.19. The van der Waals surface area contributed by atoms with Gasteiger partial charge in [0.25, 0.3) is 0 Å². The standard InChI is InChI=1S/C12H15N3S/c1-8-10(5-7-16-8)12(13-3)11-4-6-14-9(2)15-11/h4-7,12-13H,1-3H3. The zero-order valence-electron chi connectivity index (χ0n) is 9.69. The van der Waals surface area contributed by atoms with Crippen LogP contribution in [0.3, 0.4) is 0 Å². The van der Waals surface area contributed by atoms with E-state index in [1.807, 2.05) is 26.2 Å². The van der Waals surface area contributed by atoms with E-state index in [4.69, 9.17) is 0 Å². The molecular formula is C12H15N3S. The minimum atomic E-state index is 0.160. The molecule has 0 fully saturated rings. The first-order chi connectivity index (χ1) is 7.72. The molecule has 0 aliphatic rings. The SMILES string of the molecule is CNC(c1ccnc(C)n1)c1ccsc1C. The molecule has 1 atom stereocenters. The van der Waals surface area contributed by atoms with Gasteiger partial charge >= 0.3 is 0 Å². The van der Waals surface area contributed by atoms with Crippen molar-refractivity contribution < 1.29 is 0 Å². The first kappa shape index (κ1) is 11.2. The largest absolute Gasteiger partial charge is 0.308 e. The van der Waals surface area contributed by atoms with Crippen LogP contribution in [0.2, 0.25) is 0 Å². The summed E-state index contributed by atoms with van der Waals surface area (Å²) >= 11 is 1.76. The minimum absolute atomic E-state index is 0.160. The molecule has 0 aliphatic heterocycles. The van der Waals surface area contributed by atoms with Crippen LogP contribution in [-0.2, 0) is 0 Å². The van der Waals surface area contributed by atoms with Crippen LogP contribution in [0.1, 0.15) is 28.0 Å². The van der Waals surface area contributed by atoms with Crippen LogP contribution in [0.4, 0.5) is 0 Å². The van der Waals surface area contributed by atoms with Gasteiger partial charge < -0.3 is 5.32 Å². The number of aromatic nitrogens is 2. The van der Waals surface area contributed by atoms with Crippen molar-refractivity contribution in [2.24, 2.45) is 0 Å². The smallest absolute Gasteiger partial charge is 0.125 e. The van der Waals surface area contributed by atoms with Gasteiger partial charge in [-0.2, -0.15) is 0 Å². The van der Waals surface area contributed by atoms with E-state index < -0.39 is 0 Å². The molecule has 3 nitrogen and oxygen atoms in total. The second-order valence-electron chi connectivity index (χ2n) is 3.68. The Kier molecular flexibility index (Phi) is 3.31. The Balaban J connectivity index is 2.40. The van der Waals surface area contributed by atoms with Crippen molar-refractivity contribution in [3.05, 3.63) is 45.7 Å². The number of thiophene rings is 1. The Labute approximate surface area is 99.6 Å². The maximum atomic E-state index is 4.47. The number of aryl methyl sites for hydroxylation is 2. The monoisotopic (exact) mass is 233 g/mol. The van der Waals surface area contributed by atoms with Gasteiger partial charge in [-0.1, -0.05) is 0 Å². The quantitative estimate of drug-likeness (QED) is 0.885. The first-order valence-electron chi connectivity index (χ1n) is 5.23. The van der Waals surface area contributed by atoms with Gasteiger partial charge in [-0.3, -0.25) is 0 Å². The highest BCUT2D eigenvalue weighted by molar-refractivity contribution is 7.10. The molecule has 2 rings (SSSR count). The molecule has 0 radical (unpaired) electrons. The predicted molar refractivity (Wildman–Crippen MR) is 66.7 cm³/mol. The number of rotatable bonds is 3. The summed E-state index contributed by atoms with van der Waals surface area (Å²) in [7, 11) is 1.96. The molecule has 84 valence electrons. The minimum Gasteiger partial charge on any atom is -0.308 e. The normalized spacial score (nSPS) is 12.7. The van der Waals surface area contributed by atoms with E-state index in [2.05, 4.69) is 33.7 Å². The van der Waals surface area contributed by atoms with Gasteiger partial charge in [-0.05, 0) is 44.0 Å². The fourth-order valence-corrected chi connectivity index (χ4v) is 2.53. The Morgan fingerprint density at radius 1 is 1.31 bits per heavy atom. The zero-order valence-corrected chi connectivity index (χ0v) is 10.5. The highest BCUT2D eigenvalue weighted by atomic mass is 32.1. The maximum absolute atomic E-state index is 4.47. The maximum Gasteiger partial charge on any atom is 0.125 e. The van der Waals surface area contributed by atoms with E-state index in [-0.39, 0.29) is 6.04 Å². The summed E-state index contributed by atoms with van der Waals surface area (Å²) in [5.41, 5.74) is 2.32. The molecule has 2 aromatic heterocycles. The molecule has 1 N–H and O–H groups in total. The third kappa shape index (κ3) is 2.13. The Bertz CT molecular complexity index is 479. The number of hydrogen-bond acceptors (Lipinski definition) is 4. The molecular weight excluding hydrogens is 218 g/mol. The second kappa shape index (κ2) is 4.72. The molecule has 2 aromatic rings. The van der Waals surface area contributed by atoms with Crippen LogP contribution >= 0.6 is 11.3 Å². The number of nitrogens with zero attached hydrogens (tertiary/aromatic N) is 2. The van der Waals surface area contributed by atoms with Crippen molar-refractivity contribution in [2.75, 3.05) is 7.05 Å². The van der Waals surface area contributed by atoms with Crippen molar-refractivity contribution in [2.45, 2.75) is 19.9 Å². The topological polar surface area (TPSA) is 37.8 Å². The third-order valence-corrected chi connectivity index (χ3v) is 3.45. The van der Waals surface area contributed by atoms with E-state index in [9.17, 15) is 0 Å². The van der Waals surface area contributed by atoms with Crippen LogP contribution in [0.25, 0.3) is 0 Å². The van der Waals surface area contributed by atoms with Gasteiger partial charge in [-0.15, -0.1) is 11.3 Å². The van der Waals surface area contributed by atoms with Crippen LogP contribution in [0, 0.1) is 13.8 Å². The molecule has 0 bridgehead atoms. The van der Waals surface area contributed by atoms with Gasteiger partial charge in [0.15, 0.2) is 0 Å². The van der Waals surface area contributed by atoms with Gasteiger partial charge in [0.2, 0.25) is 0 Å². The molecule has 2 heterocycles. The molecule has 4 heteroatoms. The van der Waals surface area contributed by atoms with Crippen molar-refractivity contribution in [3.8, 4) is 0 Å². The van der Waals surface area contributed by atoms with Crippen LogP contribution in [-0.4, -0.2) is 17.0 Å². The van der Waals surface area contributed by atoms with Gasteiger partial charge in [-0.25, -0.2) is 9.97 Å². The van der Waals surface area contributed by atoms with Crippen molar-refractivity contribution in [1.82, 2.24) is 15.3 Å². The van der Waals surface area contributed by atoms with Gasteiger partial charge in [0, 0.05) is 11.1 Å². The number of hydrogen-bond donors (Lipinski definition) is 1. The molecule has 1 unspecified atom stereocenters. The third-order valence-electron chi connectivity index (χ3n) is 2.59. The fourth-order valence-electron chi connectivity index (χ4n) is 1.79. The lowest BCUT2D eigenvalue weighted by molar-refractivity contribution is 0.664. The summed E-state index contributed by atoms with van der Waals surface area (Å²) in [6.45, 7) is 4.05. The summed E-state index contributed by atoms with van der Waals surface area (Å²) in [6, 6.07) is 4.28. The highest BCUT2D eigenvalue weighted by Crippen LogP contribution is 2.26. The van der Waals surface area contributed by atoms with E-state index in [0.29, 0.717) is 0 Å². The molecule has 16 heavy (non-hydrogen) atoms. The Morgan fingerprint density at radius 2 is 2.12 bits per heavy atom. The lowest BCUT2D eigenvalue weighted by atomic mass is 10.1. The van der Waals surface area contributed by atoms with E-state index in [1.54, 1.807) is 11.3 Å². The summed E-state index contributed by atoms with van der Waals surface area (Å²) in [5.74, 6) is 0.811. The zero-order chi connectivity index (χ0) is 11.5. The average Bonchev–Trinajstić information content (AvgIpc) is 2.67. The molecule has 0 saturated heterocycles. The Morgan fingerprint density at radius 3 is 2.69 bits per heavy atom. The van der Waals surface area contributed by atoms with Crippen LogP contribution in [0.15, 0.2) is 23.7 Å². The molecule has 0 saturated carbocycles. The van der Waals surface area contributed by atoms with Gasteiger partial charge in [0.1, 0.15) is 5.82 Å². The highest BCUT2D eigenvalue weighted by Gasteiger charge is 2.16. The van der Waals surface area contributed by atoms with Crippen molar-refractivity contribution in [3.63, 3.8) is 0 Å². The molecule has 0 aromatic carbocycles. The van der Waals surface area contributed by atoms with E-state index in [0.717, 1.165) is 11.5 Å². The summed E-state index contributed by atoms with van der Waals surface area (Å²) in [5, 5.41) is 5.42. The molecule has 0 aliphatic carbocycles. The van der Waals surface area contributed by atoms with Crippen LogP contribution < -0.4 is 5.32 Å². The first-order valence-corrected chi connectivity index (χ1v) is 6.11. The van der Waals surface area contributed by atoms with E-state index >= 15 is 0 Å². The Hall–Kier alpha value is -1.26. The fraction of sp³-hybridized carbons (Fsp3) is 0.333. The lowest BCUT2D eigenvalue weighted by Gasteiger charge is -2.15.